The minimum Gasteiger partial charge on any atom is -0.497 e. The van der Waals surface area contributed by atoms with Crippen molar-refractivity contribution in [2.75, 3.05) is 17.7 Å². The number of carbonyl (C=O) groups is 1. The Morgan fingerprint density at radius 2 is 1.71 bits per heavy atom. The minimum absolute atomic E-state index is 0.0106. The zero-order chi connectivity index (χ0) is 46.4. The monoisotopic (exact) mass is 959 g/mol. The number of nitrogens with one attached hydrogen (secondary N) is 1. The van der Waals surface area contributed by atoms with Crippen LogP contribution in [-0.2, 0) is 47.3 Å². The highest BCUT2D eigenvalue weighted by Gasteiger charge is 2.67. The molecule has 23 heteroatoms. The Morgan fingerprint density at radius 1 is 1.00 bits per heavy atom. The predicted molar refractivity (Wildman–Crippen MR) is 226 cm³/mol. The molecule has 0 spiro atoms. The van der Waals surface area contributed by atoms with Gasteiger partial charge in [-0.15, -0.1) is 0 Å². The number of amides is 1. The van der Waals surface area contributed by atoms with Crippen LogP contribution >= 0.6 is 23.2 Å². The van der Waals surface area contributed by atoms with E-state index in [1.54, 1.807) is 24.3 Å². The maximum atomic E-state index is 15.5. The van der Waals surface area contributed by atoms with Gasteiger partial charge in [0.1, 0.15) is 46.3 Å². The second kappa shape index (κ2) is 16.1. The van der Waals surface area contributed by atoms with Gasteiger partial charge in [0, 0.05) is 31.0 Å². The van der Waals surface area contributed by atoms with Gasteiger partial charge in [0.15, 0.2) is 11.5 Å². The molecule has 4 heterocycles. The van der Waals surface area contributed by atoms with E-state index < -0.39 is 87.7 Å². The first-order chi connectivity index (χ1) is 30.7. The lowest BCUT2D eigenvalue weighted by Gasteiger charge is -2.24. The molecule has 0 aliphatic heterocycles. The molecule has 3 aromatic carbocycles. The number of aromatic nitrogens is 7. The minimum atomic E-state index is -4.10. The van der Waals surface area contributed by atoms with Gasteiger partial charge < -0.3 is 10.1 Å². The van der Waals surface area contributed by atoms with Gasteiger partial charge in [-0.3, -0.25) is 23.5 Å². The van der Waals surface area contributed by atoms with Crippen molar-refractivity contribution in [2.24, 2.45) is 13.0 Å². The summed E-state index contributed by atoms with van der Waals surface area (Å²) in [5.74, 6) is -8.65. The Labute approximate surface area is 374 Å². The molecule has 1 unspecified atom stereocenters. The van der Waals surface area contributed by atoms with E-state index in [0.29, 0.717) is 22.1 Å². The number of rotatable bonds is 13. The number of hydrogen-bond donors (Lipinski definition) is 1. The third-order valence-corrected chi connectivity index (χ3v) is 13.1. The molecule has 1 amide bonds. The molecule has 3 atom stereocenters. The molecule has 1 fully saturated rings. The number of fused-ring (bicyclic) bond motifs is 5. The van der Waals surface area contributed by atoms with Crippen molar-refractivity contribution < 1.29 is 44.3 Å². The Morgan fingerprint density at radius 3 is 2.37 bits per heavy atom. The smallest absolute Gasteiger partial charge is 0.293 e. The molecule has 2 aliphatic rings. The number of hydrogen-bond acceptors (Lipinski definition) is 9. The van der Waals surface area contributed by atoms with Crippen molar-refractivity contribution >= 4 is 66.9 Å². The van der Waals surface area contributed by atoms with Crippen LogP contribution in [-0.4, -0.2) is 61.8 Å². The topological polar surface area (TPSA) is 159 Å². The summed E-state index contributed by atoms with van der Waals surface area (Å²) >= 11 is 13.1. The lowest BCUT2D eigenvalue weighted by Crippen LogP contribution is -2.38. The van der Waals surface area contributed by atoms with E-state index in [4.69, 9.17) is 27.9 Å². The van der Waals surface area contributed by atoms with Crippen LogP contribution in [0.15, 0.2) is 71.5 Å². The Balaban J connectivity index is 1.22. The van der Waals surface area contributed by atoms with Gasteiger partial charge in [0.25, 0.3) is 17.9 Å². The number of aryl methyl sites for hydroxylation is 1. The van der Waals surface area contributed by atoms with Crippen LogP contribution in [0.2, 0.25) is 10.2 Å². The maximum Gasteiger partial charge on any atom is 0.293 e. The molecule has 0 bridgehead atoms. The second-order valence-electron chi connectivity index (χ2n) is 15.8. The van der Waals surface area contributed by atoms with E-state index in [0.717, 1.165) is 27.3 Å². The molecular formula is C42H33Cl2F6N9O5S. The van der Waals surface area contributed by atoms with Crippen molar-refractivity contribution in [2.45, 2.75) is 50.2 Å². The number of nitrogens with zero attached hydrogens (tertiary/aromatic N) is 8. The van der Waals surface area contributed by atoms with Crippen LogP contribution in [0, 0.1) is 17.6 Å². The van der Waals surface area contributed by atoms with E-state index in [-0.39, 0.29) is 73.5 Å². The van der Waals surface area contributed by atoms with Crippen molar-refractivity contribution in [3.05, 3.63) is 133 Å². The van der Waals surface area contributed by atoms with E-state index >= 15 is 8.78 Å². The molecular weight excluding hydrogens is 927 g/mol. The second-order valence-corrected chi connectivity index (χ2v) is 18.5. The first kappa shape index (κ1) is 44.0. The SMILES string of the molecule is COc1ccc(CN(c2nn(C)c3c(-n4c(C(Cc5cc(F)cc(F)c5)NC(=O)Cn5nc(C(F)F)c6c5C(F)(F)[C@@H]5C[C@H]65)nc5nc(Cl)ccc5c4=O)ccc(Cl)c23)S(C)(=O)=O)cc1. The summed E-state index contributed by atoms with van der Waals surface area (Å²) in [5, 5.41) is 10.8. The highest BCUT2D eigenvalue weighted by Crippen LogP contribution is 2.68. The van der Waals surface area contributed by atoms with Gasteiger partial charge in [-0.2, -0.15) is 19.0 Å². The fraction of sp³-hybridized carbons (Fsp3) is 0.286. The number of methoxy groups -OCH3 is 1. The maximum absolute atomic E-state index is 15.5. The van der Waals surface area contributed by atoms with Crippen LogP contribution in [0.25, 0.3) is 27.6 Å². The van der Waals surface area contributed by atoms with Crippen LogP contribution in [0.5, 0.6) is 5.75 Å². The van der Waals surface area contributed by atoms with Gasteiger partial charge in [-0.1, -0.05) is 35.3 Å². The van der Waals surface area contributed by atoms with Crippen LogP contribution in [0.1, 0.15) is 58.7 Å². The van der Waals surface area contributed by atoms with Crippen molar-refractivity contribution in [1.29, 1.82) is 0 Å². The lowest BCUT2D eigenvalue weighted by molar-refractivity contribution is -0.123. The summed E-state index contributed by atoms with van der Waals surface area (Å²) in [4.78, 5) is 37.9. The number of pyridine rings is 1. The summed E-state index contributed by atoms with van der Waals surface area (Å²) in [5.41, 5.74) is -2.50. The van der Waals surface area contributed by atoms with E-state index in [1.807, 2.05) is 0 Å². The zero-order valence-corrected chi connectivity index (χ0v) is 36.4. The third kappa shape index (κ3) is 7.81. The zero-order valence-electron chi connectivity index (χ0n) is 34.0. The molecule has 14 nitrogen and oxygen atoms in total. The van der Waals surface area contributed by atoms with Gasteiger partial charge >= 0.3 is 0 Å². The highest BCUT2D eigenvalue weighted by atomic mass is 35.5. The number of halogens is 8. The number of benzene rings is 3. The quantitative estimate of drug-likeness (QED) is 0.0905. The Hall–Kier alpha value is -6.19. The van der Waals surface area contributed by atoms with Gasteiger partial charge in [0.2, 0.25) is 15.9 Å². The predicted octanol–water partition coefficient (Wildman–Crippen LogP) is 7.67. The molecule has 9 rings (SSSR count). The van der Waals surface area contributed by atoms with Crippen molar-refractivity contribution in [1.82, 2.24) is 39.4 Å². The molecule has 1 N–H and O–H groups in total. The number of alkyl halides is 4. The first-order valence-electron chi connectivity index (χ1n) is 19.6. The lowest BCUT2D eigenvalue weighted by atomic mass is 10.0. The Kier molecular flexibility index (Phi) is 10.9. The number of ether oxygens (including phenoxy) is 1. The average Bonchev–Trinajstić information content (AvgIpc) is 3.76. The number of carbonyl (C=O) groups excluding carboxylic acids is 1. The largest absolute Gasteiger partial charge is 0.497 e. The molecule has 1 saturated carbocycles. The van der Waals surface area contributed by atoms with Crippen molar-refractivity contribution in [3.8, 4) is 11.4 Å². The number of sulfonamides is 1. The third-order valence-electron chi connectivity index (χ3n) is 11.5. The average molecular weight is 961 g/mol. The summed E-state index contributed by atoms with van der Waals surface area (Å²) < 4.78 is 125. The van der Waals surface area contributed by atoms with E-state index in [2.05, 4.69) is 25.5 Å². The van der Waals surface area contributed by atoms with Gasteiger partial charge in [-0.25, -0.2) is 40.3 Å². The normalized spacial score (nSPS) is 16.8. The van der Waals surface area contributed by atoms with Gasteiger partial charge in [0.05, 0.1) is 53.0 Å². The Bertz CT molecular complexity index is 3260. The summed E-state index contributed by atoms with van der Waals surface area (Å²) in [6, 6.07) is 13.0. The standard InChI is InChI=1S/C42H33Cl2F6N9O5S/c1-56-35-29(10-9-27(43)33(35)40(55-56)58(65(3,62)63)17-19-4-6-23(64-2)7-5-19)59-39(53-38-24(41(59)61)8-11-30(44)52-38)28(14-20-12-21(45)15-22(46)13-20)51-31(60)18-57-36-32(34(54-57)37(47)48)25-16-26(25)42(36,49)50/h4-13,15,25-26,28,37H,14,16-18H2,1-3H3,(H,51,60)/t25-,26+,28?/m0/s1. The molecule has 338 valence electrons. The molecule has 4 aromatic heterocycles. The summed E-state index contributed by atoms with van der Waals surface area (Å²) in [7, 11) is -1.16. The highest BCUT2D eigenvalue weighted by molar-refractivity contribution is 7.92. The van der Waals surface area contributed by atoms with E-state index in [1.165, 1.54) is 43.1 Å². The number of anilines is 1. The molecule has 2 aliphatic carbocycles. The molecule has 0 radical (unpaired) electrons. The molecule has 7 aromatic rings. The van der Waals surface area contributed by atoms with E-state index in [9.17, 15) is 35.6 Å². The fourth-order valence-electron chi connectivity index (χ4n) is 8.59. The molecule has 65 heavy (non-hydrogen) atoms. The molecule has 0 saturated heterocycles. The summed E-state index contributed by atoms with van der Waals surface area (Å²) in [6.07, 6.45) is -2.76. The van der Waals surface area contributed by atoms with Crippen LogP contribution in [0.4, 0.5) is 32.2 Å². The first-order valence-corrected chi connectivity index (χ1v) is 22.2. The fourth-order valence-corrected chi connectivity index (χ4v) is 9.80. The van der Waals surface area contributed by atoms with Crippen molar-refractivity contribution in [3.63, 3.8) is 0 Å². The van der Waals surface area contributed by atoms with Gasteiger partial charge in [-0.05, 0) is 72.0 Å². The van der Waals surface area contributed by atoms with Crippen LogP contribution in [0.3, 0.4) is 0 Å². The summed E-state index contributed by atoms with van der Waals surface area (Å²) in [6.45, 7) is -1.22. The van der Waals surface area contributed by atoms with Crippen LogP contribution < -0.4 is 19.9 Å².